The molecule has 21 heavy (non-hydrogen) atoms. The topological polar surface area (TPSA) is 35.6 Å². The highest BCUT2D eigenvalue weighted by Gasteiger charge is 2.22. The fourth-order valence-corrected chi connectivity index (χ4v) is 3.59. The Morgan fingerprint density at radius 1 is 1.19 bits per heavy atom. The van der Waals surface area contributed by atoms with Crippen molar-refractivity contribution in [2.45, 2.75) is 32.1 Å². The Morgan fingerprint density at radius 2 is 1.90 bits per heavy atom. The van der Waals surface area contributed by atoms with Gasteiger partial charge in [0.1, 0.15) is 0 Å². The largest absolute Gasteiger partial charge is 0.358 e. The van der Waals surface area contributed by atoms with E-state index in [9.17, 15) is 4.79 Å². The molecule has 1 N–H and O–H groups in total. The normalized spacial score (nSPS) is 24.4. The van der Waals surface area contributed by atoms with E-state index in [-0.39, 0.29) is 5.91 Å². The number of amides is 1. The van der Waals surface area contributed by atoms with E-state index in [0.717, 1.165) is 24.9 Å². The summed E-state index contributed by atoms with van der Waals surface area (Å²) >= 11 is 0. The van der Waals surface area contributed by atoms with Crippen LogP contribution >= 0.6 is 0 Å². The number of likely N-dealkylation sites (N-methyl/N-ethyl adjacent to an activating group) is 1. The molecule has 0 spiro atoms. The fourth-order valence-electron chi connectivity index (χ4n) is 3.59. The maximum Gasteiger partial charge on any atom is 0.233 e. The number of hydrogen-bond donors (Lipinski definition) is 1. The van der Waals surface area contributed by atoms with Crippen molar-refractivity contribution in [2.75, 3.05) is 46.8 Å². The predicted molar refractivity (Wildman–Crippen MR) is 87.2 cm³/mol. The van der Waals surface area contributed by atoms with Crippen LogP contribution in [0.1, 0.15) is 32.1 Å². The molecule has 1 heterocycles. The number of rotatable bonds is 6. The highest BCUT2D eigenvalue weighted by Crippen LogP contribution is 2.21. The molecule has 0 aromatic heterocycles. The highest BCUT2D eigenvalue weighted by molar-refractivity contribution is 5.77. The average Bonchev–Trinajstić information content (AvgIpc) is 2.50. The molecule has 1 fully saturated rings. The molecule has 1 aliphatic heterocycles. The van der Waals surface area contributed by atoms with Crippen molar-refractivity contribution in [3.05, 3.63) is 12.2 Å². The Bertz CT molecular complexity index is 348. The van der Waals surface area contributed by atoms with E-state index in [1.165, 1.54) is 45.2 Å². The number of hydrogen-bond acceptors (Lipinski definition) is 3. The molecule has 4 heteroatoms. The Kier molecular flexibility index (Phi) is 6.71. The number of piperidine rings is 1. The second kappa shape index (κ2) is 8.54. The second-order valence-corrected chi connectivity index (χ2v) is 6.76. The molecule has 1 amide bonds. The highest BCUT2D eigenvalue weighted by atomic mass is 16.1. The first-order valence-corrected chi connectivity index (χ1v) is 8.44. The fraction of sp³-hybridized carbons (Fsp3) is 0.824. The average molecular weight is 293 g/mol. The van der Waals surface area contributed by atoms with E-state index in [4.69, 9.17) is 0 Å². The maximum absolute atomic E-state index is 11.4. The van der Waals surface area contributed by atoms with Crippen molar-refractivity contribution < 1.29 is 4.79 Å². The summed E-state index contributed by atoms with van der Waals surface area (Å²) in [6, 6.07) is 0. The predicted octanol–water partition coefficient (Wildman–Crippen LogP) is 1.73. The summed E-state index contributed by atoms with van der Waals surface area (Å²) in [7, 11) is 3.99. The van der Waals surface area contributed by atoms with Gasteiger partial charge in [0.15, 0.2) is 0 Å². The SMILES string of the molecule is CNC(=O)CN1CCC(CN(C)C[C@H]2CC=CCC2)CC1. The Hall–Kier alpha value is -0.870. The summed E-state index contributed by atoms with van der Waals surface area (Å²) in [5.41, 5.74) is 0. The zero-order chi connectivity index (χ0) is 15.1. The van der Waals surface area contributed by atoms with Crippen LogP contribution in [0.5, 0.6) is 0 Å². The van der Waals surface area contributed by atoms with Gasteiger partial charge in [-0.25, -0.2) is 0 Å². The third-order valence-electron chi connectivity index (χ3n) is 4.87. The lowest BCUT2D eigenvalue weighted by molar-refractivity contribution is -0.122. The third kappa shape index (κ3) is 5.79. The van der Waals surface area contributed by atoms with Crippen molar-refractivity contribution >= 4 is 5.91 Å². The summed E-state index contributed by atoms with van der Waals surface area (Å²) in [5, 5.41) is 2.71. The monoisotopic (exact) mass is 293 g/mol. The molecule has 2 rings (SSSR count). The minimum atomic E-state index is 0.135. The number of allylic oxidation sites excluding steroid dienone is 2. The summed E-state index contributed by atoms with van der Waals surface area (Å²) < 4.78 is 0. The van der Waals surface area contributed by atoms with E-state index in [0.29, 0.717) is 6.54 Å². The molecule has 2 aliphatic rings. The van der Waals surface area contributed by atoms with Crippen molar-refractivity contribution in [3.8, 4) is 0 Å². The molecular formula is C17H31N3O. The molecule has 0 radical (unpaired) electrons. The molecule has 1 aliphatic carbocycles. The molecule has 0 unspecified atom stereocenters. The standard InChI is InChI=1S/C17H31N3O/c1-18-17(21)14-20-10-8-16(9-11-20)13-19(2)12-15-6-4-3-5-7-15/h3-4,15-16H,5-14H2,1-2H3,(H,18,21)/t15-/m0/s1. The molecule has 120 valence electrons. The number of nitrogens with one attached hydrogen (secondary N) is 1. The van der Waals surface area contributed by atoms with Gasteiger partial charge < -0.3 is 10.2 Å². The lowest BCUT2D eigenvalue weighted by atomic mass is 9.92. The molecule has 0 aromatic carbocycles. The lowest BCUT2D eigenvalue weighted by Gasteiger charge is -2.34. The van der Waals surface area contributed by atoms with Crippen molar-refractivity contribution in [3.63, 3.8) is 0 Å². The summed E-state index contributed by atoms with van der Waals surface area (Å²) in [5.74, 6) is 1.79. The molecule has 4 nitrogen and oxygen atoms in total. The first-order chi connectivity index (χ1) is 10.2. The molecular weight excluding hydrogens is 262 g/mol. The van der Waals surface area contributed by atoms with Gasteiger partial charge in [0.2, 0.25) is 5.91 Å². The van der Waals surface area contributed by atoms with E-state index >= 15 is 0 Å². The minimum absolute atomic E-state index is 0.135. The van der Waals surface area contributed by atoms with Crippen molar-refractivity contribution in [2.24, 2.45) is 11.8 Å². The van der Waals surface area contributed by atoms with Crippen molar-refractivity contribution in [1.82, 2.24) is 15.1 Å². The van der Waals surface area contributed by atoms with Crippen LogP contribution in [0.2, 0.25) is 0 Å². The van der Waals surface area contributed by atoms with Crippen LogP contribution < -0.4 is 5.32 Å². The van der Waals surface area contributed by atoms with Crippen LogP contribution in [0.25, 0.3) is 0 Å². The first kappa shape index (κ1) is 16.5. The van der Waals surface area contributed by atoms with E-state index < -0.39 is 0 Å². The van der Waals surface area contributed by atoms with Gasteiger partial charge in [0.25, 0.3) is 0 Å². The molecule has 0 saturated carbocycles. The van der Waals surface area contributed by atoms with E-state index in [2.05, 4.69) is 34.3 Å². The minimum Gasteiger partial charge on any atom is -0.358 e. The maximum atomic E-state index is 11.4. The first-order valence-electron chi connectivity index (χ1n) is 8.44. The van der Waals surface area contributed by atoms with Crippen LogP contribution in [0.4, 0.5) is 0 Å². The van der Waals surface area contributed by atoms with Crippen molar-refractivity contribution in [1.29, 1.82) is 0 Å². The van der Waals surface area contributed by atoms with Gasteiger partial charge in [-0.05, 0) is 64.1 Å². The van der Waals surface area contributed by atoms with Gasteiger partial charge in [0, 0.05) is 20.1 Å². The smallest absolute Gasteiger partial charge is 0.233 e. The zero-order valence-electron chi connectivity index (χ0n) is 13.7. The summed E-state index contributed by atoms with van der Waals surface area (Å²) in [4.78, 5) is 16.2. The van der Waals surface area contributed by atoms with Crippen LogP contribution in [0, 0.1) is 11.8 Å². The van der Waals surface area contributed by atoms with Crippen LogP contribution in [0.15, 0.2) is 12.2 Å². The number of nitrogens with zero attached hydrogens (tertiary/aromatic N) is 2. The van der Waals surface area contributed by atoms with Gasteiger partial charge >= 0.3 is 0 Å². The number of carbonyl (C=O) groups excluding carboxylic acids is 1. The van der Waals surface area contributed by atoms with Gasteiger partial charge in [-0.2, -0.15) is 0 Å². The number of likely N-dealkylation sites (tertiary alicyclic amines) is 1. The van der Waals surface area contributed by atoms with E-state index in [1.807, 2.05) is 0 Å². The Labute approximate surface area is 129 Å². The van der Waals surface area contributed by atoms with Crippen LogP contribution in [-0.4, -0.2) is 62.5 Å². The lowest BCUT2D eigenvalue weighted by Crippen LogP contribution is -2.42. The van der Waals surface area contributed by atoms with Crippen LogP contribution in [-0.2, 0) is 4.79 Å². The third-order valence-corrected chi connectivity index (χ3v) is 4.87. The molecule has 1 atom stereocenters. The summed E-state index contributed by atoms with van der Waals surface area (Å²) in [6.07, 6.45) is 11.0. The van der Waals surface area contributed by atoms with Gasteiger partial charge in [-0.15, -0.1) is 0 Å². The van der Waals surface area contributed by atoms with Crippen LogP contribution in [0.3, 0.4) is 0 Å². The second-order valence-electron chi connectivity index (χ2n) is 6.76. The molecule has 0 bridgehead atoms. The molecule has 1 saturated heterocycles. The van der Waals surface area contributed by atoms with Gasteiger partial charge in [-0.1, -0.05) is 12.2 Å². The van der Waals surface area contributed by atoms with E-state index in [1.54, 1.807) is 7.05 Å². The number of carbonyl (C=O) groups is 1. The van der Waals surface area contributed by atoms with Gasteiger partial charge in [0.05, 0.1) is 6.54 Å². The quantitative estimate of drug-likeness (QED) is 0.758. The molecule has 0 aromatic rings. The Balaban J connectivity index is 1.63. The summed E-state index contributed by atoms with van der Waals surface area (Å²) in [6.45, 7) is 5.15. The zero-order valence-corrected chi connectivity index (χ0v) is 13.7. The Morgan fingerprint density at radius 3 is 2.52 bits per heavy atom. The van der Waals surface area contributed by atoms with Gasteiger partial charge in [-0.3, -0.25) is 9.69 Å².